The Bertz CT molecular complexity index is 384. The van der Waals surface area contributed by atoms with Crippen LogP contribution in [0.25, 0.3) is 0 Å². The van der Waals surface area contributed by atoms with Gasteiger partial charge in [0, 0.05) is 33.3 Å². The molecular formula is C13H19FN2O. The van der Waals surface area contributed by atoms with Gasteiger partial charge >= 0.3 is 0 Å². The van der Waals surface area contributed by atoms with Crippen molar-refractivity contribution in [3.63, 3.8) is 0 Å². The fraction of sp³-hybridized carbons (Fsp3) is 0.538. The molecule has 0 amide bonds. The third-order valence-electron chi connectivity index (χ3n) is 3.20. The Labute approximate surface area is 101 Å². The zero-order valence-corrected chi connectivity index (χ0v) is 10.2. The van der Waals surface area contributed by atoms with Crippen molar-refractivity contribution in [1.29, 1.82) is 0 Å². The van der Waals surface area contributed by atoms with Crippen LogP contribution in [0.3, 0.4) is 0 Å². The molecule has 1 aliphatic rings. The van der Waals surface area contributed by atoms with Crippen molar-refractivity contribution in [2.75, 3.05) is 43.1 Å². The second kappa shape index (κ2) is 5.36. The Kier molecular flexibility index (Phi) is 3.84. The van der Waals surface area contributed by atoms with Gasteiger partial charge in [-0.25, -0.2) is 4.39 Å². The average Bonchev–Trinajstić information content (AvgIpc) is 2.46. The van der Waals surface area contributed by atoms with Gasteiger partial charge in [0.1, 0.15) is 5.82 Å². The largest absolute Gasteiger partial charge is 0.396 e. The summed E-state index contributed by atoms with van der Waals surface area (Å²) in [6, 6.07) is 4.93. The molecule has 0 fully saturated rings. The van der Waals surface area contributed by atoms with Gasteiger partial charge in [0.25, 0.3) is 0 Å². The van der Waals surface area contributed by atoms with Crippen molar-refractivity contribution in [1.82, 2.24) is 0 Å². The van der Waals surface area contributed by atoms with E-state index in [1.807, 2.05) is 13.1 Å². The van der Waals surface area contributed by atoms with Gasteiger partial charge in [-0.1, -0.05) is 0 Å². The van der Waals surface area contributed by atoms with Gasteiger partial charge < -0.3 is 14.9 Å². The molecule has 0 spiro atoms. The summed E-state index contributed by atoms with van der Waals surface area (Å²) in [7, 11) is 2.03. The fourth-order valence-corrected chi connectivity index (χ4v) is 2.31. The number of aliphatic hydroxyl groups excluding tert-OH is 1. The summed E-state index contributed by atoms with van der Waals surface area (Å²) in [5.41, 5.74) is 2.01. The minimum atomic E-state index is -0.201. The summed E-state index contributed by atoms with van der Waals surface area (Å²) >= 11 is 0. The van der Waals surface area contributed by atoms with Crippen molar-refractivity contribution in [3.8, 4) is 0 Å². The molecule has 0 saturated carbocycles. The molecule has 3 nitrogen and oxygen atoms in total. The standard InChI is InChI=1S/C13H19FN2O/c1-15-6-2-7-16(8-3-9-17)13-10-11(14)4-5-12(13)15/h4-5,10,17H,2-3,6-9H2,1H3. The number of halogens is 1. The number of anilines is 2. The van der Waals surface area contributed by atoms with E-state index in [2.05, 4.69) is 9.80 Å². The predicted octanol–water partition coefficient (Wildman–Crippen LogP) is 1.85. The van der Waals surface area contributed by atoms with Gasteiger partial charge in [-0.15, -0.1) is 0 Å². The highest BCUT2D eigenvalue weighted by molar-refractivity contribution is 5.71. The van der Waals surface area contributed by atoms with Crippen LogP contribution in [0.5, 0.6) is 0 Å². The normalized spacial score (nSPS) is 15.7. The van der Waals surface area contributed by atoms with Crippen LogP contribution in [0.15, 0.2) is 18.2 Å². The van der Waals surface area contributed by atoms with Crippen molar-refractivity contribution in [2.24, 2.45) is 0 Å². The molecule has 0 aromatic heterocycles. The second-order valence-corrected chi connectivity index (χ2v) is 4.47. The van der Waals surface area contributed by atoms with E-state index < -0.39 is 0 Å². The zero-order valence-electron chi connectivity index (χ0n) is 10.2. The van der Waals surface area contributed by atoms with Crippen LogP contribution >= 0.6 is 0 Å². The van der Waals surface area contributed by atoms with E-state index in [0.717, 1.165) is 43.9 Å². The smallest absolute Gasteiger partial charge is 0.125 e. The minimum absolute atomic E-state index is 0.178. The first-order chi connectivity index (χ1) is 8.22. The monoisotopic (exact) mass is 238 g/mol. The number of rotatable bonds is 3. The molecule has 1 aromatic carbocycles. The van der Waals surface area contributed by atoms with E-state index in [4.69, 9.17) is 5.11 Å². The second-order valence-electron chi connectivity index (χ2n) is 4.47. The lowest BCUT2D eigenvalue weighted by Gasteiger charge is -2.25. The van der Waals surface area contributed by atoms with Gasteiger partial charge in [-0.2, -0.15) is 0 Å². The van der Waals surface area contributed by atoms with E-state index >= 15 is 0 Å². The SMILES string of the molecule is CN1CCCN(CCCO)c2cc(F)ccc21. The van der Waals surface area contributed by atoms with Crippen LogP contribution < -0.4 is 9.80 Å². The third-order valence-corrected chi connectivity index (χ3v) is 3.20. The van der Waals surface area contributed by atoms with Crippen LogP contribution in [-0.4, -0.2) is 38.4 Å². The Hall–Kier alpha value is -1.29. The molecule has 1 heterocycles. The molecule has 4 heteroatoms. The lowest BCUT2D eigenvalue weighted by Crippen LogP contribution is -2.25. The highest BCUT2D eigenvalue weighted by atomic mass is 19.1. The van der Waals surface area contributed by atoms with Gasteiger partial charge in [-0.05, 0) is 31.0 Å². The number of fused-ring (bicyclic) bond motifs is 1. The Morgan fingerprint density at radius 3 is 2.88 bits per heavy atom. The highest BCUT2D eigenvalue weighted by Crippen LogP contribution is 2.32. The molecular weight excluding hydrogens is 219 g/mol. The molecule has 94 valence electrons. The third kappa shape index (κ3) is 2.69. The summed E-state index contributed by atoms with van der Waals surface area (Å²) < 4.78 is 13.4. The van der Waals surface area contributed by atoms with E-state index in [1.165, 1.54) is 6.07 Å². The molecule has 1 aromatic rings. The topological polar surface area (TPSA) is 26.7 Å². The number of nitrogens with zero attached hydrogens (tertiary/aromatic N) is 2. The first-order valence-corrected chi connectivity index (χ1v) is 6.09. The van der Waals surface area contributed by atoms with Crippen molar-refractivity contribution < 1.29 is 9.50 Å². The summed E-state index contributed by atoms with van der Waals surface area (Å²) in [5.74, 6) is -0.201. The predicted molar refractivity (Wildman–Crippen MR) is 68.2 cm³/mol. The molecule has 0 bridgehead atoms. The highest BCUT2D eigenvalue weighted by Gasteiger charge is 2.18. The van der Waals surface area contributed by atoms with E-state index in [0.29, 0.717) is 0 Å². The van der Waals surface area contributed by atoms with Crippen LogP contribution in [-0.2, 0) is 0 Å². The van der Waals surface area contributed by atoms with Crippen molar-refractivity contribution >= 4 is 11.4 Å². The average molecular weight is 238 g/mol. The number of hydrogen-bond acceptors (Lipinski definition) is 3. The van der Waals surface area contributed by atoms with Crippen LogP contribution in [0.1, 0.15) is 12.8 Å². The molecule has 0 radical (unpaired) electrons. The number of benzene rings is 1. The van der Waals surface area contributed by atoms with Crippen molar-refractivity contribution in [2.45, 2.75) is 12.8 Å². The fourth-order valence-electron chi connectivity index (χ4n) is 2.31. The summed E-state index contributed by atoms with van der Waals surface area (Å²) in [5, 5.41) is 8.91. The van der Waals surface area contributed by atoms with Crippen LogP contribution in [0, 0.1) is 5.82 Å². The Morgan fingerprint density at radius 2 is 2.12 bits per heavy atom. The Morgan fingerprint density at radius 1 is 1.29 bits per heavy atom. The molecule has 1 aliphatic heterocycles. The van der Waals surface area contributed by atoms with Crippen LogP contribution in [0.4, 0.5) is 15.8 Å². The molecule has 2 rings (SSSR count). The van der Waals surface area contributed by atoms with Gasteiger partial charge in [0.05, 0.1) is 11.4 Å². The molecule has 0 atom stereocenters. The van der Waals surface area contributed by atoms with Gasteiger partial charge in [0.15, 0.2) is 0 Å². The molecule has 17 heavy (non-hydrogen) atoms. The van der Waals surface area contributed by atoms with E-state index in [9.17, 15) is 4.39 Å². The maximum absolute atomic E-state index is 13.4. The van der Waals surface area contributed by atoms with Crippen molar-refractivity contribution in [3.05, 3.63) is 24.0 Å². The van der Waals surface area contributed by atoms with Crippen LogP contribution in [0.2, 0.25) is 0 Å². The summed E-state index contributed by atoms with van der Waals surface area (Å²) in [6.45, 7) is 2.85. The maximum Gasteiger partial charge on any atom is 0.125 e. The lowest BCUT2D eigenvalue weighted by atomic mass is 10.2. The van der Waals surface area contributed by atoms with E-state index in [1.54, 1.807) is 6.07 Å². The summed E-state index contributed by atoms with van der Waals surface area (Å²) in [6.07, 6.45) is 1.78. The van der Waals surface area contributed by atoms with Gasteiger partial charge in [0.2, 0.25) is 0 Å². The molecule has 0 aliphatic carbocycles. The molecule has 0 saturated heterocycles. The first kappa shape index (κ1) is 12.2. The van der Waals surface area contributed by atoms with E-state index in [-0.39, 0.29) is 12.4 Å². The minimum Gasteiger partial charge on any atom is -0.396 e. The Balaban J connectivity index is 2.31. The van der Waals surface area contributed by atoms with Gasteiger partial charge in [-0.3, -0.25) is 0 Å². The molecule has 1 N–H and O–H groups in total. The maximum atomic E-state index is 13.4. The zero-order chi connectivity index (χ0) is 12.3. The molecule has 0 unspecified atom stereocenters. The quantitative estimate of drug-likeness (QED) is 0.870. The number of aliphatic hydroxyl groups is 1. The summed E-state index contributed by atoms with van der Waals surface area (Å²) in [4.78, 5) is 4.33. The first-order valence-electron chi connectivity index (χ1n) is 6.09. The lowest BCUT2D eigenvalue weighted by molar-refractivity contribution is 0.289. The number of hydrogen-bond donors (Lipinski definition) is 1.